The molecule has 14 heavy (non-hydrogen) atoms. The highest BCUT2D eigenvalue weighted by Gasteiger charge is 2.22. The van der Waals surface area contributed by atoms with Crippen LogP contribution in [0, 0.1) is 10.1 Å². The second-order valence-electron chi connectivity index (χ2n) is 3.30. The van der Waals surface area contributed by atoms with Gasteiger partial charge < -0.3 is 10.4 Å². The number of phenolic OH excluding ortho intramolecular Hbond substituents is 1. The second-order valence-corrected chi connectivity index (χ2v) is 3.30. The number of nitrogens with one attached hydrogen (secondary N) is 1. The SMILES string of the molecule is O=[N+]([O-])c1ccc([C@@H]2CCN2)c(O)c1. The molecule has 0 radical (unpaired) electrons. The van der Waals surface area contributed by atoms with E-state index >= 15 is 0 Å². The quantitative estimate of drug-likeness (QED) is 0.550. The molecule has 1 aromatic rings. The standard InChI is InChI=1S/C9H10N2O3/c12-9-5-6(11(13)14)1-2-7(9)8-3-4-10-8/h1-2,5,8,10,12H,3-4H2/t8-/m0/s1. The van der Waals surface area contributed by atoms with Gasteiger partial charge in [-0.3, -0.25) is 10.1 Å². The third kappa shape index (κ3) is 1.42. The number of nitrogens with zero attached hydrogens (tertiary/aromatic N) is 1. The number of aromatic hydroxyl groups is 1. The molecule has 74 valence electrons. The molecular weight excluding hydrogens is 184 g/mol. The van der Waals surface area contributed by atoms with Gasteiger partial charge in [0.25, 0.3) is 5.69 Å². The Morgan fingerprint density at radius 2 is 2.29 bits per heavy atom. The van der Waals surface area contributed by atoms with Gasteiger partial charge in [-0.25, -0.2) is 0 Å². The fourth-order valence-corrected chi connectivity index (χ4v) is 1.49. The van der Waals surface area contributed by atoms with Crippen LogP contribution in [0.15, 0.2) is 18.2 Å². The van der Waals surface area contributed by atoms with E-state index in [4.69, 9.17) is 0 Å². The van der Waals surface area contributed by atoms with Gasteiger partial charge in [0, 0.05) is 17.7 Å². The topological polar surface area (TPSA) is 75.4 Å². The van der Waals surface area contributed by atoms with Crippen LogP contribution in [-0.2, 0) is 0 Å². The van der Waals surface area contributed by atoms with Crippen LogP contribution in [0.1, 0.15) is 18.0 Å². The lowest BCUT2D eigenvalue weighted by molar-refractivity contribution is -0.385. The summed E-state index contributed by atoms with van der Waals surface area (Å²) in [6.45, 7) is 0.932. The monoisotopic (exact) mass is 194 g/mol. The molecule has 0 amide bonds. The Labute approximate surface area is 80.5 Å². The van der Waals surface area contributed by atoms with Crippen molar-refractivity contribution in [3.05, 3.63) is 33.9 Å². The number of rotatable bonds is 2. The van der Waals surface area contributed by atoms with Crippen LogP contribution in [0.2, 0.25) is 0 Å². The highest BCUT2D eigenvalue weighted by atomic mass is 16.6. The molecule has 2 N–H and O–H groups in total. The van der Waals surface area contributed by atoms with E-state index in [1.165, 1.54) is 12.1 Å². The molecule has 0 aliphatic carbocycles. The highest BCUT2D eigenvalue weighted by Crippen LogP contribution is 2.32. The van der Waals surface area contributed by atoms with Crippen LogP contribution in [0.3, 0.4) is 0 Å². The summed E-state index contributed by atoms with van der Waals surface area (Å²) < 4.78 is 0. The summed E-state index contributed by atoms with van der Waals surface area (Å²) in [5, 5.41) is 23.0. The van der Waals surface area contributed by atoms with E-state index in [2.05, 4.69) is 5.32 Å². The van der Waals surface area contributed by atoms with Gasteiger partial charge >= 0.3 is 0 Å². The Bertz CT molecular complexity index is 374. The van der Waals surface area contributed by atoms with Crippen molar-refractivity contribution in [1.29, 1.82) is 0 Å². The van der Waals surface area contributed by atoms with Gasteiger partial charge in [-0.2, -0.15) is 0 Å². The van der Waals surface area contributed by atoms with E-state index in [0.717, 1.165) is 18.5 Å². The number of non-ortho nitro benzene ring substituents is 1. The molecular formula is C9H10N2O3. The second kappa shape index (κ2) is 3.26. The highest BCUT2D eigenvalue weighted by molar-refractivity contribution is 5.45. The third-order valence-corrected chi connectivity index (χ3v) is 2.42. The van der Waals surface area contributed by atoms with Gasteiger partial charge in [0.1, 0.15) is 5.75 Å². The summed E-state index contributed by atoms with van der Waals surface area (Å²) in [6, 6.07) is 4.35. The number of nitro groups is 1. The summed E-state index contributed by atoms with van der Waals surface area (Å²) in [7, 11) is 0. The first-order valence-electron chi connectivity index (χ1n) is 4.39. The lowest BCUT2D eigenvalue weighted by atomic mass is 9.97. The summed E-state index contributed by atoms with van der Waals surface area (Å²) in [5.41, 5.74) is 0.660. The fourth-order valence-electron chi connectivity index (χ4n) is 1.49. The predicted molar refractivity (Wildman–Crippen MR) is 50.1 cm³/mol. The van der Waals surface area contributed by atoms with Crippen molar-refractivity contribution >= 4 is 5.69 Å². The first-order valence-corrected chi connectivity index (χ1v) is 4.39. The molecule has 5 nitrogen and oxygen atoms in total. The van der Waals surface area contributed by atoms with Crippen LogP contribution >= 0.6 is 0 Å². The van der Waals surface area contributed by atoms with Crippen LogP contribution in [-0.4, -0.2) is 16.6 Å². The molecule has 1 atom stereocenters. The first kappa shape index (κ1) is 8.96. The summed E-state index contributed by atoms with van der Waals surface area (Å²) in [6.07, 6.45) is 0.964. The van der Waals surface area contributed by atoms with Crippen molar-refractivity contribution in [2.45, 2.75) is 12.5 Å². The van der Waals surface area contributed by atoms with E-state index in [1.807, 2.05) is 0 Å². The van der Waals surface area contributed by atoms with Gasteiger partial charge in [0.2, 0.25) is 0 Å². The van der Waals surface area contributed by atoms with E-state index in [-0.39, 0.29) is 17.5 Å². The molecule has 1 aliphatic heterocycles. The van der Waals surface area contributed by atoms with Crippen LogP contribution < -0.4 is 5.32 Å². The normalized spacial score (nSPS) is 20.1. The zero-order valence-corrected chi connectivity index (χ0v) is 7.43. The Hall–Kier alpha value is -1.62. The van der Waals surface area contributed by atoms with Gasteiger partial charge in [0.05, 0.1) is 11.0 Å². The number of phenols is 1. The maximum absolute atomic E-state index is 10.4. The smallest absolute Gasteiger partial charge is 0.273 e. The molecule has 0 spiro atoms. The van der Waals surface area contributed by atoms with Crippen molar-refractivity contribution in [2.24, 2.45) is 0 Å². The van der Waals surface area contributed by atoms with Crippen LogP contribution in [0.5, 0.6) is 5.75 Å². The molecule has 2 rings (SSSR count). The van der Waals surface area contributed by atoms with Crippen molar-refractivity contribution in [3.63, 3.8) is 0 Å². The lowest BCUT2D eigenvalue weighted by Gasteiger charge is -2.28. The first-order chi connectivity index (χ1) is 6.68. The van der Waals surface area contributed by atoms with Gasteiger partial charge in [-0.05, 0) is 19.0 Å². The molecule has 0 saturated carbocycles. The molecule has 1 aromatic carbocycles. The average Bonchev–Trinajstić information content (AvgIpc) is 2.04. The van der Waals surface area contributed by atoms with E-state index in [9.17, 15) is 15.2 Å². The fraction of sp³-hybridized carbons (Fsp3) is 0.333. The molecule has 0 bridgehead atoms. The Morgan fingerprint density at radius 1 is 1.57 bits per heavy atom. The van der Waals surface area contributed by atoms with Gasteiger partial charge in [-0.1, -0.05) is 0 Å². The average molecular weight is 194 g/mol. The Balaban J connectivity index is 2.30. The van der Waals surface area contributed by atoms with Crippen molar-refractivity contribution in [1.82, 2.24) is 5.32 Å². The number of hydrogen-bond acceptors (Lipinski definition) is 4. The number of benzene rings is 1. The molecule has 1 aliphatic rings. The molecule has 1 saturated heterocycles. The minimum Gasteiger partial charge on any atom is -0.507 e. The minimum absolute atomic E-state index is 0.00333. The van der Waals surface area contributed by atoms with Gasteiger partial charge in [0.15, 0.2) is 0 Å². The zero-order chi connectivity index (χ0) is 10.1. The van der Waals surface area contributed by atoms with Crippen molar-refractivity contribution in [2.75, 3.05) is 6.54 Å². The van der Waals surface area contributed by atoms with E-state index in [0.29, 0.717) is 0 Å². The minimum atomic E-state index is -0.516. The summed E-state index contributed by atoms with van der Waals surface area (Å²) >= 11 is 0. The lowest BCUT2D eigenvalue weighted by Crippen LogP contribution is -2.34. The predicted octanol–water partition coefficient (Wildman–Crippen LogP) is 1.33. The Morgan fingerprint density at radius 3 is 2.71 bits per heavy atom. The Kier molecular flexibility index (Phi) is 2.09. The van der Waals surface area contributed by atoms with Crippen LogP contribution in [0.4, 0.5) is 5.69 Å². The molecule has 1 heterocycles. The van der Waals surface area contributed by atoms with Gasteiger partial charge in [-0.15, -0.1) is 0 Å². The molecule has 0 aromatic heterocycles. The van der Waals surface area contributed by atoms with E-state index in [1.54, 1.807) is 6.07 Å². The maximum atomic E-state index is 10.4. The number of nitro benzene ring substituents is 1. The maximum Gasteiger partial charge on any atom is 0.273 e. The number of hydrogen-bond donors (Lipinski definition) is 2. The molecule has 5 heteroatoms. The van der Waals surface area contributed by atoms with Crippen molar-refractivity contribution in [3.8, 4) is 5.75 Å². The third-order valence-electron chi connectivity index (χ3n) is 2.42. The molecule has 0 unspecified atom stereocenters. The molecule has 1 fully saturated rings. The van der Waals surface area contributed by atoms with E-state index < -0.39 is 4.92 Å². The van der Waals surface area contributed by atoms with Crippen LogP contribution in [0.25, 0.3) is 0 Å². The zero-order valence-electron chi connectivity index (χ0n) is 7.43. The largest absolute Gasteiger partial charge is 0.507 e. The summed E-state index contributed by atoms with van der Waals surface area (Å²) in [5.74, 6) is -0.00333. The van der Waals surface area contributed by atoms with Crippen molar-refractivity contribution < 1.29 is 10.0 Å². The summed E-state index contributed by atoms with van der Waals surface area (Å²) in [4.78, 5) is 9.88.